The number of nitrogen functional groups attached to an aromatic ring is 1. The van der Waals surface area contributed by atoms with E-state index in [4.69, 9.17) is 15.2 Å². The van der Waals surface area contributed by atoms with Crippen molar-refractivity contribution >= 4 is 17.9 Å². The standard InChI is InChI=1S/C26H22N8O4/c1-36-20-14-8-13-19(23(20)37-16-17-9-4-2-5-10-17)15-28-30-26(35)22-21(18-11-6-3-7-12-18)29-33-34(22)25-24(27)31-38-32-25/h2-15H,16H2,1H3,(H2,27,31)(H,30,35). The number of nitrogens with two attached hydrogens (primary N) is 1. The summed E-state index contributed by atoms with van der Waals surface area (Å²) in [5.41, 5.74) is 10.9. The van der Waals surface area contributed by atoms with Gasteiger partial charge in [-0.15, -0.1) is 5.10 Å². The highest BCUT2D eigenvalue weighted by atomic mass is 16.6. The van der Waals surface area contributed by atoms with Crippen LogP contribution in [0.25, 0.3) is 17.1 Å². The van der Waals surface area contributed by atoms with E-state index in [1.165, 1.54) is 6.21 Å². The first kappa shape index (κ1) is 24.2. The average Bonchev–Trinajstić information content (AvgIpc) is 3.59. The van der Waals surface area contributed by atoms with Crippen LogP contribution >= 0.6 is 0 Å². The summed E-state index contributed by atoms with van der Waals surface area (Å²) in [4.78, 5) is 13.3. The van der Waals surface area contributed by atoms with Gasteiger partial charge in [0.25, 0.3) is 5.91 Å². The van der Waals surface area contributed by atoms with Crippen LogP contribution in [0.15, 0.2) is 88.6 Å². The Bertz CT molecular complexity index is 1560. The van der Waals surface area contributed by atoms with E-state index in [0.29, 0.717) is 34.9 Å². The van der Waals surface area contributed by atoms with Crippen molar-refractivity contribution in [1.29, 1.82) is 0 Å². The molecule has 0 aliphatic heterocycles. The third-order valence-electron chi connectivity index (χ3n) is 5.45. The van der Waals surface area contributed by atoms with Gasteiger partial charge in [-0.3, -0.25) is 4.79 Å². The van der Waals surface area contributed by atoms with Gasteiger partial charge in [0.15, 0.2) is 17.2 Å². The molecule has 0 aliphatic carbocycles. The van der Waals surface area contributed by atoms with E-state index < -0.39 is 5.91 Å². The third-order valence-corrected chi connectivity index (χ3v) is 5.45. The number of methoxy groups -OCH3 is 1. The van der Waals surface area contributed by atoms with Crippen molar-refractivity contribution in [2.24, 2.45) is 5.10 Å². The molecule has 0 saturated carbocycles. The highest BCUT2D eigenvalue weighted by Gasteiger charge is 2.26. The summed E-state index contributed by atoms with van der Waals surface area (Å²) in [6.45, 7) is 0.326. The summed E-state index contributed by atoms with van der Waals surface area (Å²) in [7, 11) is 1.55. The van der Waals surface area contributed by atoms with Gasteiger partial charge in [-0.2, -0.15) is 9.78 Å². The Morgan fingerprint density at radius 1 is 1.05 bits per heavy atom. The Balaban J connectivity index is 1.42. The monoisotopic (exact) mass is 510 g/mol. The van der Waals surface area contributed by atoms with Crippen LogP contribution in [0.5, 0.6) is 11.5 Å². The van der Waals surface area contributed by atoms with Gasteiger partial charge < -0.3 is 15.2 Å². The first-order valence-electron chi connectivity index (χ1n) is 11.4. The van der Waals surface area contributed by atoms with Crippen LogP contribution in [0.2, 0.25) is 0 Å². The second-order valence-electron chi connectivity index (χ2n) is 7.89. The Morgan fingerprint density at radius 3 is 2.53 bits per heavy atom. The number of hydrazone groups is 1. The highest BCUT2D eigenvalue weighted by molar-refractivity contribution is 5.99. The van der Waals surface area contributed by atoms with Crippen LogP contribution in [0, 0.1) is 0 Å². The molecule has 12 heteroatoms. The molecule has 3 N–H and O–H groups in total. The number of aromatic nitrogens is 5. The Hall–Kier alpha value is -5.52. The lowest BCUT2D eigenvalue weighted by Gasteiger charge is -2.13. The lowest BCUT2D eigenvalue weighted by Crippen LogP contribution is -2.22. The molecule has 0 aliphatic rings. The summed E-state index contributed by atoms with van der Waals surface area (Å²) in [6.07, 6.45) is 1.46. The molecule has 0 fully saturated rings. The number of ether oxygens (including phenoxy) is 2. The SMILES string of the molecule is COc1cccc(C=NNC(=O)c2c(-c3ccccc3)nnn2-c2nonc2N)c1OCc1ccccc1. The van der Waals surface area contributed by atoms with Gasteiger partial charge in [-0.1, -0.05) is 71.9 Å². The van der Waals surface area contributed by atoms with E-state index in [2.05, 4.69) is 35.8 Å². The molecular formula is C26H22N8O4. The number of hydrogen-bond acceptors (Lipinski definition) is 10. The van der Waals surface area contributed by atoms with E-state index in [0.717, 1.165) is 10.2 Å². The van der Waals surface area contributed by atoms with Gasteiger partial charge in [-0.05, 0) is 28.0 Å². The fourth-order valence-corrected chi connectivity index (χ4v) is 3.65. The number of carbonyl (C=O) groups excluding carboxylic acids is 1. The smallest absolute Gasteiger partial charge is 0.292 e. The van der Waals surface area contributed by atoms with Crippen LogP contribution in [0.1, 0.15) is 21.6 Å². The van der Waals surface area contributed by atoms with E-state index in [9.17, 15) is 4.79 Å². The number of nitrogens with zero attached hydrogens (tertiary/aromatic N) is 6. The van der Waals surface area contributed by atoms with E-state index in [-0.39, 0.29) is 17.3 Å². The average molecular weight is 511 g/mol. The number of benzene rings is 3. The Labute approximate surface area is 216 Å². The molecule has 2 aromatic heterocycles. The number of anilines is 1. The number of rotatable bonds is 9. The van der Waals surface area contributed by atoms with Crippen molar-refractivity contribution in [2.75, 3.05) is 12.8 Å². The van der Waals surface area contributed by atoms with Crippen LogP contribution in [0.3, 0.4) is 0 Å². The molecule has 3 aromatic carbocycles. The maximum absolute atomic E-state index is 13.3. The van der Waals surface area contributed by atoms with Gasteiger partial charge in [0, 0.05) is 11.1 Å². The van der Waals surface area contributed by atoms with Gasteiger partial charge in [0.2, 0.25) is 11.6 Å². The highest BCUT2D eigenvalue weighted by Crippen LogP contribution is 2.31. The second kappa shape index (κ2) is 11.0. The quantitative estimate of drug-likeness (QED) is 0.224. The lowest BCUT2D eigenvalue weighted by molar-refractivity contribution is 0.0947. The van der Waals surface area contributed by atoms with Crippen molar-refractivity contribution in [3.05, 3.63) is 95.7 Å². The summed E-state index contributed by atoms with van der Waals surface area (Å²) in [5, 5.41) is 19.7. The van der Waals surface area contributed by atoms with Crippen LogP contribution in [0.4, 0.5) is 5.82 Å². The summed E-state index contributed by atoms with van der Waals surface area (Å²) in [5.74, 6) is 0.373. The molecule has 12 nitrogen and oxygen atoms in total. The molecule has 38 heavy (non-hydrogen) atoms. The topological polar surface area (TPSA) is 156 Å². The van der Waals surface area contributed by atoms with Crippen molar-refractivity contribution in [1.82, 2.24) is 30.7 Å². The predicted octanol–water partition coefficient (Wildman–Crippen LogP) is 3.25. The summed E-state index contributed by atoms with van der Waals surface area (Å²) in [6, 6.07) is 24.2. The normalized spacial score (nSPS) is 11.0. The van der Waals surface area contributed by atoms with E-state index in [1.807, 2.05) is 48.5 Å². The molecule has 0 unspecified atom stereocenters. The van der Waals surface area contributed by atoms with Crippen molar-refractivity contribution in [2.45, 2.75) is 6.61 Å². The van der Waals surface area contributed by atoms with Gasteiger partial charge in [-0.25, -0.2) is 10.1 Å². The largest absolute Gasteiger partial charge is 0.493 e. The van der Waals surface area contributed by atoms with E-state index in [1.54, 1.807) is 37.4 Å². The number of amides is 1. The van der Waals surface area contributed by atoms with Crippen LogP contribution in [-0.4, -0.2) is 44.5 Å². The predicted molar refractivity (Wildman–Crippen MR) is 138 cm³/mol. The Kier molecular flexibility index (Phi) is 7.02. The van der Waals surface area contributed by atoms with Gasteiger partial charge >= 0.3 is 0 Å². The zero-order valence-electron chi connectivity index (χ0n) is 20.2. The van der Waals surface area contributed by atoms with Crippen molar-refractivity contribution < 1.29 is 18.9 Å². The fraction of sp³-hybridized carbons (Fsp3) is 0.0769. The molecule has 190 valence electrons. The molecule has 0 saturated heterocycles. The number of para-hydroxylation sites is 1. The zero-order chi connectivity index (χ0) is 26.3. The minimum absolute atomic E-state index is 0.0261. The Morgan fingerprint density at radius 2 is 1.82 bits per heavy atom. The second-order valence-corrected chi connectivity index (χ2v) is 7.89. The molecule has 5 aromatic rings. The molecular weight excluding hydrogens is 488 g/mol. The van der Waals surface area contributed by atoms with Crippen LogP contribution in [-0.2, 0) is 6.61 Å². The van der Waals surface area contributed by atoms with Crippen LogP contribution < -0.4 is 20.6 Å². The first-order chi connectivity index (χ1) is 18.7. The van der Waals surface area contributed by atoms with Gasteiger partial charge in [0.1, 0.15) is 12.3 Å². The number of nitrogens with one attached hydrogen (secondary N) is 1. The molecule has 0 bridgehead atoms. The van der Waals surface area contributed by atoms with Crippen molar-refractivity contribution in [3.63, 3.8) is 0 Å². The number of carbonyl (C=O) groups is 1. The molecule has 5 rings (SSSR count). The zero-order valence-corrected chi connectivity index (χ0v) is 20.2. The minimum atomic E-state index is -0.609. The summed E-state index contributed by atoms with van der Waals surface area (Å²) < 4.78 is 17.3. The number of hydrogen-bond donors (Lipinski definition) is 2. The molecule has 0 spiro atoms. The van der Waals surface area contributed by atoms with Gasteiger partial charge in [0.05, 0.1) is 13.3 Å². The minimum Gasteiger partial charge on any atom is -0.493 e. The molecule has 0 atom stereocenters. The maximum Gasteiger partial charge on any atom is 0.292 e. The molecule has 1 amide bonds. The van der Waals surface area contributed by atoms with E-state index >= 15 is 0 Å². The molecule has 0 radical (unpaired) electrons. The lowest BCUT2D eigenvalue weighted by atomic mass is 10.1. The third kappa shape index (κ3) is 5.04. The summed E-state index contributed by atoms with van der Waals surface area (Å²) >= 11 is 0. The molecule has 2 heterocycles. The fourth-order valence-electron chi connectivity index (χ4n) is 3.65. The van der Waals surface area contributed by atoms with Crippen molar-refractivity contribution in [3.8, 4) is 28.6 Å². The maximum atomic E-state index is 13.3. The first-order valence-corrected chi connectivity index (χ1v) is 11.4.